The van der Waals surface area contributed by atoms with E-state index in [0.29, 0.717) is 56.3 Å². The third-order valence-corrected chi connectivity index (χ3v) is 4.19. The Labute approximate surface area is 168 Å². The number of aliphatic hydroxyl groups excluding tert-OH is 1. The summed E-state index contributed by atoms with van der Waals surface area (Å²) in [5.41, 5.74) is 2.63. The highest BCUT2D eigenvalue weighted by Crippen LogP contribution is 2.25. The Morgan fingerprint density at radius 2 is 1.57 bits per heavy atom. The van der Waals surface area contributed by atoms with Gasteiger partial charge in [0.05, 0.1) is 59.2 Å². The molecule has 1 rings (SSSR count). The molecule has 0 bridgehead atoms. The van der Waals surface area contributed by atoms with Gasteiger partial charge >= 0.3 is 5.82 Å². The van der Waals surface area contributed by atoms with Crippen molar-refractivity contribution in [1.82, 2.24) is 4.90 Å². The van der Waals surface area contributed by atoms with Crippen LogP contribution >= 0.6 is 0 Å². The molecule has 0 aromatic carbocycles. The Morgan fingerprint density at radius 3 is 2.11 bits per heavy atom. The molecule has 8 nitrogen and oxygen atoms in total. The van der Waals surface area contributed by atoms with Gasteiger partial charge < -0.3 is 19.5 Å². The van der Waals surface area contributed by atoms with Crippen LogP contribution in [0.5, 0.6) is 0 Å². The molecule has 0 amide bonds. The van der Waals surface area contributed by atoms with Crippen LogP contribution in [0.15, 0.2) is 34.9 Å². The number of hydrogen-bond donors (Lipinski definition) is 1. The molecule has 1 aliphatic heterocycles. The van der Waals surface area contributed by atoms with E-state index in [9.17, 15) is 0 Å². The molecule has 0 spiro atoms. The minimum atomic E-state index is 0.0238. The fourth-order valence-corrected chi connectivity index (χ4v) is 2.68. The zero-order valence-corrected chi connectivity index (χ0v) is 17.3. The highest BCUT2D eigenvalue weighted by atomic mass is 16.7. The minimum absolute atomic E-state index is 0.0238. The molecule has 8 heteroatoms. The van der Waals surface area contributed by atoms with E-state index in [0.717, 1.165) is 11.4 Å². The van der Waals surface area contributed by atoms with Crippen LogP contribution < -0.4 is 0 Å². The Kier molecular flexibility index (Phi) is 10.5. The summed E-state index contributed by atoms with van der Waals surface area (Å²) in [5.74, 6) is 0.0918. The van der Waals surface area contributed by atoms with Gasteiger partial charge in [0.15, 0.2) is 0 Å². The lowest BCUT2D eigenvalue weighted by atomic mass is 10.1. The van der Waals surface area contributed by atoms with E-state index in [4.69, 9.17) is 32.6 Å². The second kappa shape index (κ2) is 12.3. The molecule has 0 aromatic heterocycles. The number of hydroxylamine groups is 3. The molecule has 28 heavy (non-hydrogen) atoms. The first-order valence-corrected chi connectivity index (χ1v) is 9.22. The highest BCUT2D eigenvalue weighted by Gasteiger charge is 2.21. The summed E-state index contributed by atoms with van der Waals surface area (Å²) < 4.78 is 11.0. The molecule has 0 saturated heterocycles. The summed E-state index contributed by atoms with van der Waals surface area (Å²) in [7, 11) is 3.96. The van der Waals surface area contributed by atoms with Gasteiger partial charge in [-0.15, -0.1) is 0 Å². The van der Waals surface area contributed by atoms with Gasteiger partial charge in [0.25, 0.3) is 0 Å². The molecule has 154 valence electrons. The number of hydrogen-bond acceptors (Lipinski definition) is 5. The number of ether oxygens (including phenoxy) is 2. The second-order valence-electron chi connectivity index (χ2n) is 6.80. The molecule has 0 atom stereocenters. The van der Waals surface area contributed by atoms with Gasteiger partial charge in [0.2, 0.25) is 0 Å². The lowest BCUT2D eigenvalue weighted by molar-refractivity contribution is -1.08. The van der Waals surface area contributed by atoms with Crippen LogP contribution in [-0.2, 0) is 14.3 Å². The van der Waals surface area contributed by atoms with Crippen molar-refractivity contribution in [3.8, 4) is 0 Å². The molecule has 1 N–H and O–H groups in total. The first-order valence-electron chi connectivity index (χ1n) is 9.22. The van der Waals surface area contributed by atoms with Crippen molar-refractivity contribution in [2.24, 2.45) is 0 Å². The van der Waals surface area contributed by atoms with E-state index in [1.807, 2.05) is 40.1 Å². The first-order chi connectivity index (χ1) is 13.3. The van der Waals surface area contributed by atoms with Crippen molar-refractivity contribution in [3.63, 3.8) is 0 Å². The van der Waals surface area contributed by atoms with Gasteiger partial charge in [-0.3, -0.25) is 0 Å². The predicted octanol–water partition coefficient (Wildman–Crippen LogP) is 2.19. The highest BCUT2D eigenvalue weighted by molar-refractivity contribution is 5.46. The van der Waals surface area contributed by atoms with Crippen LogP contribution in [-0.4, -0.2) is 81.5 Å². The fraction of sp³-hybridized carbons (Fsp3) is 0.600. The summed E-state index contributed by atoms with van der Waals surface area (Å²) in [6.07, 6.45) is 3.73. The van der Waals surface area contributed by atoms with Crippen LogP contribution in [0.3, 0.4) is 0 Å². The van der Waals surface area contributed by atoms with Crippen molar-refractivity contribution in [2.45, 2.75) is 13.8 Å². The van der Waals surface area contributed by atoms with Crippen molar-refractivity contribution >= 4 is 0 Å². The van der Waals surface area contributed by atoms with E-state index in [1.54, 1.807) is 0 Å². The zero-order chi connectivity index (χ0) is 21.0. The van der Waals surface area contributed by atoms with Gasteiger partial charge in [0, 0.05) is 11.4 Å². The van der Waals surface area contributed by atoms with Crippen LogP contribution in [0.1, 0.15) is 13.8 Å². The number of quaternary nitrogens is 1. The third kappa shape index (κ3) is 8.22. The third-order valence-electron chi connectivity index (χ3n) is 4.19. The Bertz CT molecular complexity index is 645. The van der Waals surface area contributed by atoms with E-state index < -0.39 is 0 Å². The van der Waals surface area contributed by atoms with Crippen LogP contribution in [0.25, 0.3) is 9.69 Å². The van der Waals surface area contributed by atoms with Crippen molar-refractivity contribution in [1.29, 1.82) is 0 Å². The summed E-state index contributed by atoms with van der Waals surface area (Å²) in [5, 5.41) is 8.62. The summed E-state index contributed by atoms with van der Waals surface area (Å²) in [6.45, 7) is 21.9. The molecule has 0 saturated carbocycles. The number of nitrogens with zero attached hydrogens (tertiary/aromatic N) is 4. The standard InChI is InChI=1S/C20H31N4O4/c1-17-15-19(20(21-3)22-4)16-18(2)23(17)7-10-28-24(5,6)8-11-26-13-14-27-12-9-25/h15-16,25H,7-14H2,1-2,5-6H3/q+1. The van der Waals surface area contributed by atoms with Crippen LogP contribution in [0.4, 0.5) is 0 Å². The smallest absolute Gasteiger partial charge is 0.394 e. The Hall–Kier alpha value is -2.20. The normalized spacial score (nSPS) is 14.2. The zero-order valence-electron chi connectivity index (χ0n) is 17.3. The lowest BCUT2D eigenvalue weighted by Crippen LogP contribution is -2.44. The average Bonchev–Trinajstić information content (AvgIpc) is 2.64. The van der Waals surface area contributed by atoms with Gasteiger partial charge in [-0.2, -0.15) is 14.3 Å². The van der Waals surface area contributed by atoms with Gasteiger partial charge in [-0.25, -0.2) is 4.84 Å². The second-order valence-corrected chi connectivity index (χ2v) is 6.80. The molecule has 0 fully saturated rings. The summed E-state index contributed by atoms with van der Waals surface area (Å²) in [4.78, 5) is 14.7. The number of aliphatic hydroxyl groups is 1. The quantitative estimate of drug-likeness (QED) is 0.239. The van der Waals surface area contributed by atoms with E-state index in [2.05, 4.69) is 14.6 Å². The molecule has 0 unspecified atom stereocenters. The van der Waals surface area contributed by atoms with E-state index in [-0.39, 0.29) is 12.4 Å². The average molecular weight is 391 g/mol. The van der Waals surface area contributed by atoms with Crippen molar-refractivity contribution in [2.75, 3.05) is 66.8 Å². The summed E-state index contributed by atoms with van der Waals surface area (Å²) in [6, 6.07) is 0. The number of likely N-dealkylation sites (N-methyl/N-ethyl adjacent to an activating group) is 1. The Balaban J connectivity index is 2.41. The minimum Gasteiger partial charge on any atom is -0.394 e. The Morgan fingerprint density at radius 1 is 1.00 bits per heavy atom. The van der Waals surface area contributed by atoms with Gasteiger partial charge in [0.1, 0.15) is 26.3 Å². The molecule has 1 aliphatic rings. The van der Waals surface area contributed by atoms with E-state index >= 15 is 0 Å². The fourth-order valence-electron chi connectivity index (χ4n) is 2.68. The maximum atomic E-state index is 8.62. The monoisotopic (exact) mass is 391 g/mol. The predicted molar refractivity (Wildman–Crippen MR) is 106 cm³/mol. The van der Waals surface area contributed by atoms with Crippen molar-refractivity contribution < 1.29 is 24.1 Å². The number of rotatable bonds is 12. The largest absolute Gasteiger partial charge is 0.526 e. The summed E-state index contributed by atoms with van der Waals surface area (Å²) >= 11 is 0. The lowest BCUT2D eigenvalue weighted by Gasteiger charge is -2.31. The first kappa shape index (κ1) is 23.8. The molecule has 0 aliphatic carbocycles. The van der Waals surface area contributed by atoms with Gasteiger partial charge in [-0.1, -0.05) is 0 Å². The van der Waals surface area contributed by atoms with E-state index in [1.165, 1.54) is 0 Å². The molecule has 1 heterocycles. The maximum absolute atomic E-state index is 8.62. The number of allylic oxidation sites excluding steroid dienone is 5. The van der Waals surface area contributed by atoms with Crippen LogP contribution in [0, 0.1) is 13.1 Å². The molecule has 0 radical (unpaired) electrons. The van der Waals surface area contributed by atoms with Gasteiger partial charge in [-0.05, 0) is 26.0 Å². The SMILES string of the molecule is [C-]#[N+]C([N+]#[C-])=C1C=C(C)N(CCO[N+](C)(C)CCOCCOCCO)C(C)=C1. The van der Waals surface area contributed by atoms with Crippen molar-refractivity contribution in [3.05, 3.63) is 57.8 Å². The van der Waals surface area contributed by atoms with Crippen LogP contribution in [0.2, 0.25) is 0 Å². The molecular weight excluding hydrogens is 360 g/mol. The maximum Gasteiger partial charge on any atom is 0.526 e. The molecule has 0 aromatic rings. The molecular formula is C20H31N4O4+. The topological polar surface area (TPSA) is 59.9 Å².